The largest absolute Gasteiger partial charge is 0.444 e. The molecule has 0 aromatic carbocycles. The molecular weight excluding hydrogens is 344 g/mol. The monoisotopic (exact) mass is 362 g/mol. The van der Waals surface area contributed by atoms with Crippen molar-refractivity contribution in [1.82, 2.24) is 19.2 Å². The predicted molar refractivity (Wildman–Crippen MR) is 83.6 cm³/mol. The molecular formula is C13H19ClN4O4S. The molecule has 23 heavy (non-hydrogen) atoms. The molecule has 10 heteroatoms. The number of hydrogen-bond acceptors (Lipinski definition) is 6. The number of carbonyl (C=O) groups excluding carboxylic acids is 1. The fourth-order valence-electron chi connectivity index (χ4n) is 2.02. The number of piperazine rings is 1. The molecule has 0 spiro atoms. The first-order valence-electron chi connectivity index (χ1n) is 7.05. The smallest absolute Gasteiger partial charge is 0.410 e. The summed E-state index contributed by atoms with van der Waals surface area (Å²) in [4.78, 5) is 20.8. The van der Waals surface area contributed by atoms with Gasteiger partial charge in [0.05, 0.1) is 12.4 Å². The molecule has 128 valence electrons. The van der Waals surface area contributed by atoms with Gasteiger partial charge in [-0.2, -0.15) is 4.31 Å². The summed E-state index contributed by atoms with van der Waals surface area (Å²) in [5, 5.41) is -0.0151. The minimum Gasteiger partial charge on any atom is -0.444 e. The van der Waals surface area contributed by atoms with E-state index in [4.69, 9.17) is 16.3 Å². The highest BCUT2D eigenvalue weighted by Gasteiger charge is 2.32. The second kappa shape index (κ2) is 6.58. The van der Waals surface area contributed by atoms with Crippen LogP contribution < -0.4 is 0 Å². The molecule has 0 aliphatic carbocycles. The van der Waals surface area contributed by atoms with Crippen molar-refractivity contribution in [2.75, 3.05) is 26.2 Å². The Labute approximate surface area is 140 Å². The van der Waals surface area contributed by atoms with Crippen molar-refractivity contribution in [3.8, 4) is 0 Å². The topological polar surface area (TPSA) is 92.7 Å². The Morgan fingerprint density at radius 3 is 2.17 bits per heavy atom. The Hall–Kier alpha value is -1.45. The van der Waals surface area contributed by atoms with Crippen LogP contribution in [0.15, 0.2) is 17.3 Å². The summed E-state index contributed by atoms with van der Waals surface area (Å²) in [6, 6.07) is 0. The molecule has 1 aromatic heterocycles. The van der Waals surface area contributed by atoms with E-state index in [1.807, 2.05) is 0 Å². The van der Waals surface area contributed by atoms with E-state index >= 15 is 0 Å². The molecule has 1 aliphatic heterocycles. The van der Waals surface area contributed by atoms with E-state index in [0.717, 1.165) is 0 Å². The van der Waals surface area contributed by atoms with Crippen molar-refractivity contribution in [2.24, 2.45) is 0 Å². The second-order valence-electron chi connectivity index (χ2n) is 6.06. The highest BCUT2D eigenvalue weighted by molar-refractivity contribution is 7.89. The second-order valence-corrected chi connectivity index (χ2v) is 8.34. The van der Waals surface area contributed by atoms with Crippen LogP contribution in [0.1, 0.15) is 20.8 Å². The molecule has 0 radical (unpaired) electrons. The van der Waals surface area contributed by atoms with Gasteiger partial charge < -0.3 is 9.64 Å². The van der Waals surface area contributed by atoms with Gasteiger partial charge in [-0.05, 0) is 32.4 Å². The van der Waals surface area contributed by atoms with Crippen LogP contribution in [-0.2, 0) is 14.8 Å². The first-order chi connectivity index (χ1) is 10.6. The summed E-state index contributed by atoms with van der Waals surface area (Å²) in [5.74, 6) is 0. The zero-order chi connectivity index (χ0) is 17.3. The minimum atomic E-state index is -3.69. The number of ether oxygens (including phenoxy) is 1. The van der Waals surface area contributed by atoms with Gasteiger partial charge in [-0.15, -0.1) is 0 Å². The first-order valence-corrected chi connectivity index (χ1v) is 8.87. The molecule has 1 fully saturated rings. The zero-order valence-corrected chi connectivity index (χ0v) is 14.8. The van der Waals surface area contributed by atoms with Gasteiger partial charge in [0.2, 0.25) is 15.3 Å². The summed E-state index contributed by atoms with van der Waals surface area (Å²) in [7, 11) is -3.69. The maximum absolute atomic E-state index is 12.5. The van der Waals surface area contributed by atoms with Crippen molar-refractivity contribution in [2.45, 2.75) is 31.3 Å². The Bertz CT molecular complexity index is 664. The molecule has 0 saturated carbocycles. The average Bonchev–Trinajstić information content (AvgIpc) is 2.46. The van der Waals surface area contributed by atoms with Crippen LogP contribution in [0.3, 0.4) is 0 Å². The van der Waals surface area contributed by atoms with E-state index < -0.39 is 21.7 Å². The minimum absolute atomic E-state index is 0.0151. The highest BCUT2D eigenvalue weighted by atomic mass is 35.5. The van der Waals surface area contributed by atoms with Crippen molar-refractivity contribution in [3.63, 3.8) is 0 Å². The van der Waals surface area contributed by atoms with Crippen LogP contribution in [0, 0.1) is 0 Å². The quantitative estimate of drug-likeness (QED) is 0.738. The maximum Gasteiger partial charge on any atom is 0.410 e. The number of amides is 1. The number of sulfonamides is 1. The molecule has 2 rings (SSSR count). The Balaban J connectivity index is 2.01. The summed E-state index contributed by atoms with van der Waals surface area (Å²) in [6.45, 7) is 6.25. The fourth-order valence-corrected chi connectivity index (χ4v) is 3.43. The molecule has 1 saturated heterocycles. The Morgan fingerprint density at radius 1 is 1.17 bits per heavy atom. The number of hydrogen-bond donors (Lipinski definition) is 0. The SMILES string of the molecule is CC(C)(C)OC(=O)N1CCN(S(=O)(=O)c2cnc(Cl)nc2)CC1. The van der Waals surface area contributed by atoms with Crippen LogP contribution in [-0.4, -0.2) is 65.5 Å². The van der Waals surface area contributed by atoms with E-state index in [1.165, 1.54) is 21.6 Å². The van der Waals surface area contributed by atoms with Gasteiger partial charge in [0, 0.05) is 26.2 Å². The van der Waals surface area contributed by atoms with Crippen molar-refractivity contribution in [3.05, 3.63) is 17.7 Å². The van der Waals surface area contributed by atoms with E-state index in [9.17, 15) is 13.2 Å². The molecule has 8 nitrogen and oxygen atoms in total. The molecule has 0 unspecified atom stereocenters. The molecule has 0 bridgehead atoms. The third-order valence-electron chi connectivity index (χ3n) is 3.12. The maximum atomic E-state index is 12.5. The Kier molecular flexibility index (Phi) is 5.12. The molecule has 0 N–H and O–H groups in total. The van der Waals surface area contributed by atoms with Crippen LogP contribution in [0.5, 0.6) is 0 Å². The van der Waals surface area contributed by atoms with Crippen LogP contribution in [0.4, 0.5) is 4.79 Å². The van der Waals surface area contributed by atoms with E-state index in [1.54, 1.807) is 20.8 Å². The lowest BCUT2D eigenvalue weighted by molar-refractivity contribution is 0.0192. The molecule has 2 heterocycles. The molecule has 1 aliphatic rings. The summed E-state index contributed by atoms with van der Waals surface area (Å²) in [6.07, 6.45) is 1.90. The predicted octanol–water partition coefficient (Wildman–Crippen LogP) is 1.37. The zero-order valence-electron chi connectivity index (χ0n) is 13.2. The third-order valence-corrected chi connectivity index (χ3v) is 5.17. The first kappa shape index (κ1) is 17.9. The van der Waals surface area contributed by atoms with E-state index in [0.29, 0.717) is 0 Å². The number of rotatable bonds is 2. The summed E-state index contributed by atoms with van der Waals surface area (Å²) < 4.78 is 31.5. The Morgan fingerprint density at radius 2 is 1.70 bits per heavy atom. The van der Waals surface area contributed by atoms with Gasteiger partial charge in [0.15, 0.2) is 0 Å². The van der Waals surface area contributed by atoms with Gasteiger partial charge in [-0.25, -0.2) is 23.2 Å². The van der Waals surface area contributed by atoms with Crippen molar-refractivity contribution in [1.29, 1.82) is 0 Å². The summed E-state index contributed by atoms with van der Waals surface area (Å²) in [5.41, 5.74) is -0.582. The normalized spacial score (nSPS) is 17.1. The lowest BCUT2D eigenvalue weighted by atomic mass is 10.2. The number of carbonyl (C=O) groups is 1. The summed E-state index contributed by atoms with van der Waals surface area (Å²) >= 11 is 5.57. The van der Waals surface area contributed by atoms with Gasteiger partial charge >= 0.3 is 6.09 Å². The van der Waals surface area contributed by atoms with Crippen molar-refractivity contribution < 1.29 is 17.9 Å². The number of halogens is 1. The van der Waals surface area contributed by atoms with Gasteiger partial charge in [0.1, 0.15) is 10.5 Å². The third kappa shape index (κ3) is 4.52. The van der Waals surface area contributed by atoms with Gasteiger partial charge in [-0.3, -0.25) is 0 Å². The van der Waals surface area contributed by atoms with Crippen LogP contribution >= 0.6 is 11.6 Å². The van der Waals surface area contributed by atoms with Crippen LogP contribution in [0.2, 0.25) is 5.28 Å². The molecule has 1 aromatic rings. The average molecular weight is 363 g/mol. The van der Waals surface area contributed by atoms with E-state index in [2.05, 4.69) is 9.97 Å². The molecule has 1 amide bonds. The lowest BCUT2D eigenvalue weighted by Gasteiger charge is -2.34. The number of nitrogens with zero attached hydrogens (tertiary/aromatic N) is 4. The number of aromatic nitrogens is 2. The van der Waals surface area contributed by atoms with Crippen molar-refractivity contribution >= 4 is 27.7 Å². The van der Waals surface area contributed by atoms with E-state index in [-0.39, 0.29) is 36.4 Å². The highest BCUT2D eigenvalue weighted by Crippen LogP contribution is 2.18. The lowest BCUT2D eigenvalue weighted by Crippen LogP contribution is -2.51. The van der Waals surface area contributed by atoms with Gasteiger partial charge in [-0.1, -0.05) is 0 Å². The van der Waals surface area contributed by atoms with Crippen LogP contribution in [0.25, 0.3) is 0 Å². The van der Waals surface area contributed by atoms with Gasteiger partial charge in [0.25, 0.3) is 0 Å². The molecule has 0 atom stereocenters. The fraction of sp³-hybridized carbons (Fsp3) is 0.615. The standard InChI is InChI=1S/C13H19ClN4O4S/c1-13(2,3)22-12(19)17-4-6-18(7-5-17)23(20,21)10-8-15-11(14)16-9-10/h8-9H,4-7H2,1-3H3.